The van der Waals surface area contributed by atoms with Crippen LogP contribution < -0.4 is 10.6 Å². The van der Waals surface area contributed by atoms with Gasteiger partial charge in [-0.3, -0.25) is 14.4 Å². The smallest absolute Gasteiger partial charge is 0.326 e. The normalized spacial score (nSPS) is 30.4. The van der Waals surface area contributed by atoms with Gasteiger partial charge in [0.2, 0.25) is 5.91 Å². The number of amides is 2. The third kappa shape index (κ3) is 4.80. The van der Waals surface area contributed by atoms with E-state index >= 15 is 0 Å². The molecule has 1 aromatic rings. The SMILES string of the molecule is C[C@H](OC(=O)CNC(=O)Cc1ccccc1)C(=O)NC12CC3CC(CC(C3)C1)C2. The van der Waals surface area contributed by atoms with Crippen LogP contribution in [0.4, 0.5) is 0 Å². The Labute approximate surface area is 171 Å². The van der Waals surface area contributed by atoms with Crippen molar-refractivity contribution in [2.45, 2.75) is 63.5 Å². The van der Waals surface area contributed by atoms with E-state index < -0.39 is 12.1 Å². The summed E-state index contributed by atoms with van der Waals surface area (Å²) in [5, 5.41) is 5.78. The fraction of sp³-hybridized carbons (Fsp3) is 0.609. The highest BCUT2D eigenvalue weighted by atomic mass is 16.5. The molecule has 2 N–H and O–H groups in total. The molecule has 0 aromatic heterocycles. The maximum atomic E-state index is 12.7. The second kappa shape index (κ2) is 8.17. The third-order valence-electron chi connectivity index (χ3n) is 6.74. The first-order chi connectivity index (χ1) is 13.9. The van der Waals surface area contributed by atoms with E-state index in [0.717, 1.165) is 42.6 Å². The molecule has 0 heterocycles. The zero-order valence-electron chi connectivity index (χ0n) is 17.0. The second-order valence-electron chi connectivity index (χ2n) is 9.26. The van der Waals surface area contributed by atoms with Crippen molar-refractivity contribution in [1.29, 1.82) is 0 Å². The fourth-order valence-corrected chi connectivity index (χ4v) is 5.93. The number of hydrogen-bond acceptors (Lipinski definition) is 4. The minimum absolute atomic E-state index is 0.101. The summed E-state index contributed by atoms with van der Waals surface area (Å²) in [6.45, 7) is 1.36. The molecule has 4 aliphatic rings. The number of ether oxygens (including phenoxy) is 1. The Morgan fingerprint density at radius 2 is 1.62 bits per heavy atom. The Bertz CT molecular complexity index is 741. The Kier molecular flexibility index (Phi) is 5.61. The molecule has 0 aliphatic heterocycles. The topological polar surface area (TPSA) is 84.5 Å². The van der Waals surface area contributed by atoms with E-state index in [2.05, 4.69) is 10.6 Å². The van der Waals surface area contributed by atoms with Crippen molar-refractivity contribution in [3.05, 3.63) is 35.9 Å². The average Bonchev–Trinajstić information content (AvgIpc) is 2.65. The number of hydrogen-bond donors (Lipinski definition) is 2. The van der Waals surface area contributed by atoms with Crippen LogP contribution in [0.5, 0.6) is 0 Å². The van der Waals surface area contributed by atoms with Gasteiger partial charge in [0.1, 0.15) is 6.54 Å². The van der Waals surface area contributed by atoms with E-state index in [1.54, 1.807) is 6.92 Å². The van der Waals surface area contributed by atoms with Crippen LogP contribution in [0.2, 0.25) is 0 Å². The molecule has 2 amide bonds. The van der Waals surface area contributed by atoms with E-state index in [0.29, 0.717) is 0 Å². The number of benzene rings is 1. The molecule has 6 nitrogen and oxygen atoms in total. The van der Waals surface area contributed by atoms with Gasteiger partial charge in [-0.25, -0.2) is 0 Å². The molecule has 4 saturated carbocycles. The Balaban J connectivity index is 1.21. The van der Waals surface area contributed by atoms with Crippen LogP contribution in [-0.4, -0.2) is 36.0 Å². The molecule has 4 bridgehead atoms. The zero-order valence-corrected chi connectivity index (χ0v) is 17.0. The molecule has 0 unspecified atom stereocenters. The fourth-order valence-electron chi connectivity index (χ4n) is 5.93. The predicted molar refractivity (Wildman–Crippen MR) is 108 cm³/mol. The summed E-state index contributed by atoms with van der Waals surface area (Å²) in [5.41, 5.74) is 0.776. The van der Waals surface area contributed by atoms with Crippen LogP contribution in [0.3, 0.4) is 0 Å². The minimum Gasteiger partial charge on any atom is -0.451 e. The Morgan fingerprint density at radius 3 is 2.21 bits per heavy atom. The van der Waals surface area contributed by atoms with Crippen molar-refractivity contribution >= 4 is 17.8 Å². The zero-order chi connectivity index (χ0) is 20.4. The van der Waals surface area contributed by atoms with Crippen molar-refractivity contribution in [2.75, 3.05) is 6.54 Å². The van der Waals surface area contributed by atoms with Crippen LogP contribution >= 0.6 is 0 Å². The van der Waals surface area contributed by atoms with E-state index in [9.17, 15) is 14.4 Å². The summed E-state index contributed by atoms with van der Waals surface area (Å²) in [6.07, 6.45) is 6.44. The molecule has 4 fully saturated rings. The van der Waals surface area contributed by atoms with Gasteiger partial charge in [0.05, 0.1) is 6.42 Å². The number of esters is 1. The first kappa shape index (κ1) is 19.9. The molecule has 0 spiro atoms. The van der Waals surface area contributed by atoms with E-state index in [-0.39, 0.29) is 30.3 Å². The molecular formula is C23H30N2O4. The maximum Gasteiger partial charge on any atom is 0.326 e. The van der Waals surface area contributed by atoms with Crippen LogP contribution in [0.1, 0.15) is 51.0 Å². The summed E-state index contributed by atoms with van der Waals surface area (Å²) in [6, 6.07) is 9.32. The van der Waals surface area contributed by atoms with Crippen LogP contribution in [-0.2, 0) is 25.5 Å². The molecule has 1 aromatic carbocycles. The number of carbonyl (C=O) groups is 3. The quantitative estimate of drug-likeness (QED) is 0.691. The molecule has 4 aliphatic carbocycles. The lowest BCUT2D eigenvalue weighted by Gasteiger charge is -2.57. The maximum absolute atomic E-state index is 12.7. The monoisotopic (exact) mass is 398 g/mol. The second-order valence-corrected chi connectivity index (χ2v) is 9.26. The van der Waals surface area contributed by atoms with Crippen molar-refractivity contribution in [3.8, 4) is 0 Å². The molecule has 5 rings (SSSR count). The lowest BCUT2D eigenvalue weighted by molar-refractivity contribution is -0.156. The number of nitrogens with one attached hydrogen (secondary N) is 2. The lowest BCUT2D eigenvalue weighted by Crippen LogP contribution is -2.61. The van der Waals surface area contributed by atoms with Gasteiger partial charge < -0.3 is 15.4 Å². The first-order valence-electron chi connectivity index (χ1n) is 10.7. The Hall–Kier alpha value is -2.37. The third-order valence-corrected chi connectivity index (χ3v) is 6.74. The molecule has 0 radical (unpaired) electrons. The highest BCUT2D eigenvalue weighted by Gasteiger charge is 2.51. The van der Waals surface area contributed by atoms with Crippen LogP contribution in [0.15, 0.2) is 30.3 Å². The first-order valence-corrected chi connectivity index (χ1v) is 10.7. The predicted octanol–water partition coefficient (Wildman–Crippen LogP) is 2.36. The summed E-state index contributed by atoms with van der Waals surface area (Å²) in [4.78, 5) is 36.7. The summed E-state index contributed by atoms with van der Waals surface area (Å²) in [7, 11) is 0. The average molecular weight is 399 g/mol. The summed E-state index contributed by atoms with van der Waals surface area (Å²) < 4.78 is 5.26. The van der Waals surface area contributed by atoms with Crippen LogP contribution in [0, 0.1) is 17.8 Å². The van der Waals surface area contributed by atoms with Gasteiger partial charge >= 0.3 is 5.97 Å². The van der Waals surface area contributed by atoms with Gasteiger partial charge in [0.25, 0.3) is 5.91 Å². The van der Waals surface area contributed by atoms with Gasteiger partial charge in [0.15, 0.2) is 6.10 Å². The van der Waals surface area contributed by atoms with Gasteiger partial charge in [-0.1, -0.05) is 30.3 Å². The molecule has 156 valence electrons. The Morgan fingerprint density at radius 1 is 1.03 bits per heavy atom. The van der Waals surface area contributed by atoms with Crippen molar-refractivity contribution < 1.29 is 19.1 Å². The van der Waals surface area contributed by atoms with Gasteiger partial charge in [0, 0.05) is 5.54 Å². The van der Waals surface area contributed by atoms with E-state index in [1.165, 1.54) is 19.3 Å². The van der Waals surface area contributed by atoms with E-state index in [4.69, 9.17) is 4.74 Å². The molecule has 0 saturated heterocycles. The summed E-state index contributed by atoms with van der Waals surface area (Å²) in [5.74, 6) is 1.13. The van der Waals surface area contributed by atoms with Crippen LogP contribution in [0.25, 0.3) is 0 Å². The van der Waals surface area contributed by atoms with Crippen molar-refractivity contribution in [3.63, 3.8) is 0 Å². The highest BCUT2D eigenvalue weighted by Crippen LogP contribution is 2.55. The van der Waals surface area contributed by atoms with Gasteiger partial charge in [-0.2, -0.15) is 0 Å². The molecule has 6 heteroatoms. The minimum atomic E-state index is -0.860. The largest absolute Gasteiger partial charge is 0.451 e. The van der Waals surface area contributed by atoms with Crippen molar-refractivity contribution in [1.82, 2.24) is 10.6 Å². The number of rotatable bonds is 7. The molecule has 1 atom stereocenters. The summed E-state index contributed by atoms with van der Waals surface area (Å²) >= 11 is 0. The number of carbonyl (C=O) groups excluding carboxylic acids is 3. The van der Waals surface area contributed by atoms with Gasteiger partial charge in [-0.05, 0) is 68.8 Å². The standard InChI is InChI=1S/C23H30N2O4/c1-15(29-21(27)14-24-20(26)10-16-5-3-2-4-6-16)22(28)25-23-11-17-7-18(12-23)9-19(8-17)13-23/h2-6,15,17-19H,7-14H2,1H3,(H,24,26)(H,25,28)/t15-,17?,18?,19?,23?/m0/s1. The van der Waals surface area contributed by atoms with E-state index in [1.807, 2.05) is 30.3 Å². The highest BCUT2D eigenvalue weighted by molar-refractivity contribution is 5.86. The lowest BCUT2D eigenvalue weighted by atomic mass is 9.53. The van der Waals surface area contributed by atoms with Crippen molar-refractivity contribution in [2.24, 2.45) is 17.8 Å². The van der Waals surface area contributed by atoms with Gasteiger partial charge in [-0.15, -0.1) is 0 Å². The molecule has 29 heavy (non-hydrogen) atoms. The molecular weight excluding hydrogens is 368 g/mol.